The molecule has 1 aromatic heterocycles. The molecule has 5 nitrogen and oxygen atoms in total. The Morgan fingerprint density at radius 3 is 2.56 bits per heavy atom. The summed E-state index contributed by atoms with van der Waals surface area (Å²) in [7, 11) is 0. The number of hydrogen-bond donors (Lipinski definition) is 0. The molecule has 188 valence electrons. The van der Waals surface area contributed by atoms with E-state index in [9.17, 15) is 14.4 Å². The molecule has 0 saturated heterocycles. The Balaban J connectivity index is 1.38. The van der Waals surface area contributed by atoms with Gasteiger partial charge in [-0.2, -0.15) is 0 Å². The van der Waals surface area contributed by atoms with Crippen molar-refractivity contribution in [2.45, 2.75) is 71.8 Å². The van der Waals surface area contributed by atoms with Gasteiger partial charge in [-0.05, 0) is 67.8 Å². The smallest absolute Gasteiger partial charge is 0.302 e. The molecule has 2 fully saturated rings. The van der Waals surface area contributed by atoms with Gasteiger partial charge in [0.05, 0.1) is 5.52 Å². The number of aromatic nitrogens is 1. The maximum absolute atomic E-state index is 12.5. The van der Waals surface area contributed by atoms with Crippen LogP contribution in [0.4, 0.5) is 0 Å². The predicted octanol–water partition coefficient (Wildman–Crippen LogP) is 6.37. The van der Waals surface area contributed by atoms with Crippen molar-refractivity contribution in [3.8, 4) is 0 Å². The third-order valence-corrected chi connectivity index (χ3v) is 10.3. The summed E-state index contributed by atoms with van der Waals surface area (Å²) in [4.78, 5) is 35.9. The van der Waals surface area contributed by atoms with Crippen LogP contribution >= 0.6 is 0 Å². The highest BCUT2D eigenvalue weighted by atomic mass is 16.5. The topological polar surface area (TPSA) is 65.4 Å². The average molecular weight is 486 g/mol. The Hall–Kier alpha value is -2.95. The minimum absolute atomic E-state index is 0.00249. The highest BCUT2D eigenvalue weighted by Gasteiger charge is 2.58. The standard InChI is InChI=1S/C31H35NO4/c1-19(35)36-23-10-12-30(2)22(15-23)8-9-25-26(30)11-13-31(3)27(25)14-20(17-33)29(31)32-16-21(18-34)24-6-4-5-7-28(24)32/h4-8,16-18,23,25-27H,9-15H2,1-3H3/t23?,25-,26+,27+,30+,31+/m1/s1. The molecule has 6 atom stereocenters. The van der Waals surface area contributed by atoms with Crippen molar-refractivity contribution in [1.82, 2.24) is 4.57 Å². The van der Waals surface area contributed by atoms with Crippen molar-refractivity contribution < 1.29 is 19.1 Å². The molecule has 0 aliphatic heterocycles. The molecular weight excluding hydrogens is 450 g/mol. The number of fused-ring (bicyclic) bond motifs is 6. The van der Waals surface area contributed by atoms with Crippen molar-refractivity contribution in [3.05, 3.63) is 53.2 Å². The minimum Gasteiger partial charge on any atom is -0.462 e. The zero-order chi connectivity index (χ0) is 25.2. The van der Waals surface area contributed by atoms with Crippen LogP contribution in [0, 0.1) is 28.6 Å². The van der Waals surface area contributed by atoms with E-state index in [1.54, 1.807) is 0 Å². The van der Waals surface area contributed by atoms with Gasteiger partial charge in [0.15, 0.2) is 6.29 Å². The van der Waals surface area contributed by atoms with Gasteiger partial charge in [0.25, 0.3) is 0 Å². The number of allylic oxidation sites excluding steroid dienone is 3. The molecule has 2 aromatic rings. The lowest BCUT2D eigenvalue weighted by Gasteiger charge is -2.57. The second-order valence-electron chi connectivity index (χ2n) is 12.0. The Kier molecular flexibility index (Phi) is 5.40. The number of rotatable bonds is 4. The van der Waals surface area contributed by atoms with E-state index in [4.69, 9.17) is 4.74 Å². The summed E-state index contributed by atoms with van der Waals surface area (Å²) in [6.45, 7) is 6.29. The van der Waals surface area contributed by atoms with Crippen molar-refractivity contribution in [2.75, 3.05) is 0 Å². The molecule has 0 radical (unpaired) electrons. The number of para-hydroxylation sites is 1. The summed E-state index contributed by atoms with van der Waals surface area (Å²) in [5.74, 6) is 1.30. The highest BCUT2D eigenvalue weighted by molar-refractivity contribution is 6.00. The van der Waals surface area contributed by atoms with E-state index in [1.807, 2.05) is 24.4 Å². The molecule has 36 heavy (non-hydrogen) atoms. The molecule has 1 unspecified atom stereocenters. The van der Waals surface area contributed by atoms with Crippen LogP contribution in [-0.2, 0) is 14.3 Å². The van der Waals surface area contributed by atoms with Crippen LogP contribution in [0.25, 0.3) is 16.6 Å². The molecule has 6 rings (SSSR count). The zero-order valence-corrected chi connectivity index (χ0v) is 21.5. The van der Waals surface area contributed by atoms with Gasteiger partial charge < -0.3 is 9.30 Å². The van der Waals surface area contributed by atoms with Gasteiger partial charge in [0.2, 0.25) is 0 Å². The summed E-state index contributed by atoms with van der Waals surface area (Å²) < 4.78 is 7.74. The number of hydrogen-bond acceptors (Lipinski definition) is 4. The maximum Gasteiger partial charge on any atom is 0.302 e. The summed E-state index contributed by atoms with van der Waals surface area (Å²) in [6, 6.07) is 8.00. The second kappa shape index (κ2) is 8.29. The van der Waals surface area contributed by atoms with Crippen molar-refractivity contribution in [1.29, 1.82) is 0 Å². The van der Waals surface area contributed by atoms with E-state index >= 15 is 0 Å². The number of benzene rings is 1. The van der Waals surface area contributed by atoms with Gasteiger partial charge in [0, 0.05) is 47.2 Å². The molecule has 0 spiro atoms. The van der Waals surface area contributed by atoms with Crippen LogP contribution in [0.2, 0.25) is 0 Å². The van der Waals surface area contributed by atoms with Gasteiger partial charge in [-0.1, -0.05) is 43.7 Å². The highest BCUT2D eigenvalue weighted by Crippen LogP contribution is 2.67. The normalized spacial score (nSPS) is 35.5. The van der Waals surface area contributed by atoms with E-state index < -0.39 is 0 Å². The van der Waals surface area contributed by atoms with Crippen LogP contribution in [0.1, 0.15) is 76.1 Å². The Bertz CT molecular complexity index is 1330. The molecule has 0 bridgehead atoms. The van der Waals surface area contributed by atoms with Gasteiger partial charge in [-0.25, -0.2) is 0 Å². The maximum atomic E-state index is 12.5. The predicted molar refractivity (Wildman–Crippen MR) is 139 cm³/mol. The molecule has 4 aliphatic carbocycles. The first kappa shape index (κ1) is 23.4. The number of nitrogens with zero attached hydrogens (tertiary/aromatic N) is 1. The fourth-order valence-corrected chi connectivity index (χ4v) is 8.67. The van der Waals surface area contributed by atoms with E-state index in [-0.39, 0.29) is 22.9 Å². The third kappa shape index (κ3) is 3.24. The zero-order valence-electron chi connectivity index (χ0n) is 21.5. The SMILES string of the molecule is CC(=O)OC1CC[C@@]2(C)C(=CC[C@@H]3[C@@H]2CC[C@]2(C)C(n4cc(C=O)c5ccccc54)=C(C=O)C[C@@H]32)C1. The van der Waals surface area contributed by atoms with Crippen LogP contribution < -0.4 is 0 Å². The number of ether oxygens (including phenoxy) is 1. The van der Waals surface area contributed by atoms with Crippen molar-refractivity contribution >= 4 is 35.1 Å². The van der Waals surface area contributed by atoms with Crippen molar-refractivity contribution in [3.63, 3.8) is 0 Å². The first-order chi connectivity index (χ1) is 17.3. The summed E-state index contributed by atoms with van der Waals surface area (Å²) in [5, 5.41) is 0.938. The Morgan fingerprint density at radius 2 is 1.81 bits per heavy atom. The monoisotopic (exact) mass is 485 g/mol. The van der Waals surface area contributed by atoms with E-state index in [0.717, 1.165) is 79.7 Å². The molecule has 1 aromatic carbocycles. The minimum atomic E-state index is -0.187. The van der Waals surface area contributed by atoms with Crippen LogP contribution in [0.3, 0.4) is 0 Å². The van der Waals surface area contributed by atoms with Crippen LogP contribution in [0.5, 0.6) is 0 Å². The van der Waals surface area contributed by atoms with Gasteiger partial charge in [-0.15, -0.1) is 0 Å². The summed E-state index contributed by atoms with van der Waals surface area (Å²) in [6.07, 6.45) is 13.2. The first-order valence-electron chi connectivity index (χ1n) is 13.4. The summed E-state index contributed by atoms with van der Waals surface area (Å²) >= 11 is 0. The molecule has 0 N–H and O–H groups in total. The van der Waals surface area contributed by atoms with Crippen molar-refractivity contribution in [2.24, 2.45) is 28.6 Å². The first-order valence-corrected chi connectivity index (χ1v) is 13.4. The molecule has 0 amide bonds. The quantitative estimate of drug-likeness (QED) is 0.287. The number of carbonyl (C=O) groups is 3. The van der Waals surface area contributed by atoms with Crippen LogP contribution in [-0.4, -0.2) is 29.2 Å². The van der Waals surface area contributed by atoms with Gasteiger partial charge in [-0.3, -0.25) is 14.4 Å². The Labute approximate surface area is 212 Å². The molecule has 2 saturated carbocycles. The largest absolute Gasteiger partial charge is 0.462 e. The fourth-order valence-electron chi connectivity index (χ4n) is 8.67. The molecule has 5 heteroatoms. The van der Waals surface area contributed by atoms with E-state index in [0.29, 0.717) is 23.3 Å². The lowest BCUT2D eigenvalue weighted by Crippen LogP contribution is -2.50. The third-order valence-electron chi connectivity index (χ3n) is 10.3. The molecular formula is C31H35NO4. The lowest BCUT2D eigenvalue weighted by atomic mass is 9.47. The van der Waals surface area contributed by atoms with Crippen LogP contribution in [0.15, 0.2) is 47.7 Å². The summed E-state index contributed by atoms with van der Waals surface area (Å²) in [5.41, 5.74) is 5.15. The fraction of sp³-hybridized carbons (Fsp3) is 0.516. The molecule has 1 heterocycles. The molecule has 4 aliphatic rings. The van der Waals surface area contributed by atoms with E-state index in [1.165, 1.54) is 12.5 Å². The Morgan fingerprint density at radius 1 is 1.03 bits per heavy atom. The number of esters is 1. The lowest BCUT2D eigenvalue weighted by molar-refractivity contribution is -0.148. The average Bonchev–Trinajstić information content (AvgIpc) is 3.38. The van der Waals surface area contributed by atoms with E-state index in [2.05, 4.69) is 30.6 Å². The van der Waals surface area contributed by atoms with Gasteiger partial charge >= 0.3 is 5.97 Å². The number of carbonyl (C=O) groups excluding carboxylic acids is 3. The second-order valence-corrected chi connectivity index (χ2v) is 12.0. The van der Waals surface area contributed by atoms with Gasteiger partial charge in [0.1, 0.15) is 12.4 Å². The number of aldehydes is 2.